The van der Waals surface area contributed by atoms with Gasteiger partial charge < -0.3 is 5.32 Å². The third-order valence-corrected chi connectivity index (χ3v) is 3.89. The average molecular weight is 345 g/mol. The van der Waals surface area contributed by atoms with E-state index in [4.69, 9.17) is 0 Å². The molecule has 104 valence electrons. The molecule has 6 heteroatoms. The summed E-state index contributed by atoms with van der Waals surface area (Å²) in [6.45, 7) is 5.32. The normalized spacial score (nSPS) is 12.3. The molecule has 1 rings (SSSR count). The van der Waals surface area contributed by atoms with Crippen LogP contribution in [-0.4, -0.2) is 28.5 Å². The summed E-state index contributed by atoms with van der Waals surface area (Å²) in [7, 11) is 0. The molecule has 19 heavy (non-hydrogen) atoms. The number of nitrogens with zero attached hydrogens (tertiary/aromatic N) is 1. The number of carbonyl (C=O) groups excluding carboxylic acids is 2. The highest BCUT2D eigenvalue weighted by molar-refractivity contribution is 9.10. The van der Waals surface area contributed by atoms with E-state index in [0.717, 1.165) is 9.50 Å². The zero-order chi connectivity index (χ0) is 14.4. The van der Waals surface area contributed by atoms with Crippen LogP contribution in [0.25, 0.3) is 0 Å². The molecule has 4 nitrogen and oxygen atoms in total. The molecule has 1 unspecified atom stereocenters. The lowest BCUT2D eigenvalue weighted by molar-refractivity contribution is -0.126. The second-order valence-electron chi connectivity index (χ2n) is 4.50. The Bertz CT molecular complexity index is 448. The second-order valence-corrected chi connectivity index (χ2v) is 6.41. The number of ketones is 1. The van der Waals surface area contributed by atoms with Gasteiger partial charge in [0.05, 0.1) is 16.8 Å². The van der Waals surface area contributed by atoms with Crippen molar-refractivity contribution in [2.24, 2.45) is 5.92 Å². The molecule has 0 fully saturated rings. The van der Waals surface area contributed by atoms with Gasteiger partial charge in [-0.25, -0.2) is 4.98 Å². The predicted octanol–water partition coefficient (Wildman–Crippen LogP) is 2.67. The maximum absolute atomic E-state index is 11.8. The Morgan fingerprint density at radius 1 is 1.42 bits per heavy atom. The number of Topliss-reactive ketones (excluding diaryl/α,β-unsaturated/α-hetero) is 1. The Labute approximate surface area is 125 Å². The minimum absolute atomic E-state index is 0.0184. The summed E-state index contributed by atoms with van der Waals surface area (Å²) in [6, 6.07) is 3.30. The van der Waals surface area contributed by atoms with Gasteiger partial charge in [-0.3, -0.25) is 9.59 Å². The summed E-state index contributed by atoms with van der Waals surface area (Å²) in [5.41, 5.74) is 0. The van der Waals surface area contributed by atoms with Crippen molar-refractivity contribution in [1.29, 1.82) is 0 Å². The number of aromatic nitrogens is 1. The van der Waals surface area contributed by atoms with Gasteiger partial charge in [-0.05, 0) is 40.9 Å². The van der Waals surface area contributed by atoms with E-state index in [-0.39, 0.29) is 23.4 Å². The fraction of sp³-hybridized carbons (Fsp3) is 0.462. The van der Waals surface area contributed by atoms with Crippen molar-refractivity contribution in [2.75, 3.05) is 5.75 Å². The zero-order valence-corrected chi connectivity index (χ0v) is 13.5. The SMILES string of the molecule is CC(=O)C(NC(=O)CSc1ccc(Br)cn1)C(C)C. The van der Waals surface area contributed by atoms with Gasteiger partial charge in [0.15, 0.2) is 5.78 Å². The van der Waals surface area contributed by atoms with E-state index in [1.54, 1.807) is 6.20 Å². The molecule has 0 aliphatic carbocycles. The van der Waals surface area contributed by atoms with Crippen LogP contribution in [0.15, 0.2) is 27.8 Å². The zero-order valence-electron chi connectivity index (χ0n) is 11.1. The number of thioether (sulfide) groups is 1. The fourth-order valence-electron chi connectivity index (χ4n) is 1.54. The molecule has 1 aromatic heterocycles. The van der Waals surface area contributed by atoms with Crippen LogP contribution in [0, 0.1) is 5.92 Å². The third-order valence-electron chi connectivity index (χ3n) is 2.47. The van der Waals surface area contributed by atoms with Crippen molar-refractivity contribution in [3.05, 3.63) is 22.8 Å². The summed E-state index contributed by atoms with van der Waals surface area (Å²) < 4.78 is 0.901. The molecule has 0 radical (unpaired) electrons. The molecule has 1 aromatic rings. The van der Waals surface area contributed by atoms with Crippen molar-refractivity contribution in [3.63, 3.8) is 0 Å². The molecule has 0 saturated heterocycles. The lowest BCUT2D eigenvalue weighted by atomic mass is 10.0. The number of halogens is 1. The largest absolute Gasteiger partial charge is 0.345 e. The standard InChI is InChI=1S/C13H17BrN2O2S/c1-8(2)13(9(3)17)16-11(18)7-19-12-5-4-10(14)6-15-12/h4-6,8,13H,7H2,1-3H3,(H,16,18). The quantitative estimate of drug-likeness (QED) is 0.806. The van der Waals surface area contributed by atoms with Crippen molar-refractivity contribution >= 4 is 39.4 Å². The van der Waals surface area contributed by atoms with Crippen LogP contribution in [0.4, 0.5) is 0 Å². The molecule has 1 atom stereocenters. The summed E-state index contributed by atoms with van der Waals surface area (Å²) >= 11 is 4.65. The number of hydrogen-bond acceptors (Lipinski definition) is 4. The molecule has 1 N–H and O–H groups in total. The lowest BCUT2D eigenvalue weighted by Crippen LogP contribution is -2.44. The smallest absolute Gasteiger partial charge is 0.231 e. The third kappa shape index (κ3) is 5.74. The van der Waals surface area contributed by atoms with E-state index in [2.05, 4.69) is 26.2 Å². The van der Waals surface area contributed by atoms with Crippen LogP contribution in [-0.2, 0) is 9.59 Å². The molecule has 0 spiro atoms. The van der Waals surface area contributed by atoms with Crippen molar-refractivity contribution in [2.45, 2.75) is 31.8 Å². The van der Waals surface area contributed by atoms with Crippen molar-refractivity contribution in [3.8, 4) is 0 Å². The van der Waals surface area contributed by atoms with Gasteiger partial charge in [-0.1, -0.05) is 25.6 Å². The van der Waals surface area contributed by atoms with Gasteiger partial charge in [-0.2, -0.15) is 0 Å². The van der Waals surface area contributed by atoms with E-state index in [9.17, 15) is 9.59 Å². The maximum Gasteiger partial charge on any atom is 0.231 e. The molecule has 0 aromatic carbocycles. The van der Waals surface area contributed by atoms with Gasteiger partial charge in [0.25, 0.3) is 0 Å². The van der Waals surface area contributed by atoms with Crippen LogP contribution in [0.3, 0.4) is 0 Å². The average Bonchev–Trinajstić information content (AvgIpc) is 2.34. The first-order valence-corrected chi connectivity index (χ1v) is 7.72. The van der Waals surface area contributed by atoms with E-state index < -0.39 is 6.04 Å². The Hall–Kier alpha value is -0.880. The predicted molar refractivity (Wildman–Crippen MR) is 80.1 cm³/mol. The maximum atomic E-state index is 11.8. The molecular weight excluding hydrogens is 328 g/mol. The monoisotopic (exact) mass is 344 g/mol. The van der Waals surface area contributed by atoms with Crippen LogP contribution in [0.1, 0.15) is 20.8 Å². The number of carbonyl (C=O) groups is 2. The highest BCUT2D eigenvalue weighted by Gasteiger charge is 2.20. The molecule has 0 saturated carbocycles. The van der Waals surface area contributed by atoms with E-state index in [1.165, 1.54) is 18.7 Å². The van der Waals surface area contributed by atoms with E-state index in [0.29, 0.717) is 0 Å². The van der Waals surface area contributed by atoms with Gasteiger partial charge in [0, 0.05) is 10.7 Å². The minimum Gasteiger partial charge on any atom is -0.345 e. The number of amides is 1. The highest BCUT2D eigenvalue weighted by Crippen LogP contribution is 2.17. The summed E-state index contributed by atoms with van der Waals surface area (Å²) in [5.74, 6) is 0.182. The minimum atomic E-state index is -0.411. The van der Waals surface area contributed by atoms with Gasteiger partial charge in [0.1, 0.15) is 0 Å². The molecule has 0 aliphatic rings. The van der Waals surface area contributed by atoms with Crippen LogP contribution in [0.5, 0.6) is 0 Å². The van der Waals surface area contributed by atoms with Gasteiger partial charge in [0.2, 0.25) is 5.91 Å². The molecule has 1 heterocycles. The lowest BCUT2D eigenvalue weighted by Gasteiger charge is -2.19. The van der Waals surface area contributed by atoms with Crippen LogP contribution < -0.4 is 5.32 Å². The first-order chi connectivity index (χ1) is 8.90. The summed E-state index contributed by atoms with van der Waals surface area (Å²) in [4.78, 5) is 27.3. The molecule has 0 aliphatic heterocycles. The fourth-order valence-corrected chi connectivity index (χ4v) is 2.43. The van der Waals surface area contributed by atoms with Gasteiger partial charge in [-0.15, -0.1) is 0 Å². The van der Waals surface area contributed by atoms with E-state index in [1.807, 2.05) is 26.0 Å². The molecular formula is C13H17BrN2O2S. The Balaban J connectivity index is 2.47. The Kier molecular flexibility index (Phi) is 6.51. The summed E-state index contributed by atoms with van der Waals surface area (Å²) in [5, 5.41) is 3.53. The second kappa shape index (κ2) is 7.65. The number of rotatable bonds is 6. The first kappa shape index (κ1) is 16.2. The van der Waals surface area contributed by atoms with Crippen LogP contribution in [0.2, 0.25) is 0 Å². The Morgan fingerprint density at radius 2 is 2.11 bits per heavy atom. The molecule has 1 amide bonds. The molecule has 0 bridgehead atoms. The number of pyridine rings is 1. The number of nitrogens with one attached hydrogen (secondary N) is 1. The van der Waals surface area contributed by atoms with Crippen molar-refractivity contribution < 1.29 is 9.59 Å². The number of hydrogen-bond donors (Lipinski definition) is 1. The highest BCUT2D eigenvalue weighted by atomic mass is 79.9. The Morgan fingerprint density at radius 3 is 2.58 bits per heavy atom. The first-order valence-electron chi connectivity index (χ1n) is 5.94. The van der Waals surface area contributed by atoms with E-state index >= 15 is 0 Å². The summed E-state index contributed by atoms with van der Waals surface area (Å²) in [6.07, 6.45) is 1.69. The van der Waals surface area contributed by atoms with Crippen LogP contribution >= 0.6 is 27.7 Å². The van der Waals surface area contributed by atoms with Gasteiger partial charge >= 0.3 is 0 Å². The van der Waals surface area contributed by atoms with Crippen molar-refractivity contribution in [1.82, 2.24) is 10.3 Å². The topological polar surface area (TPSA) is 59.1 Å².